The molecule has 2 rings (SSSR count). The maximum Gasteiger partial charge on any atom is 0.272 e. The van der Waals surface area contributed by atoms with Gasteiger partial charge in [-0.3, -0.25) is 4.79 Å². The molecule has 0 saturated carbocycles. The molecule has 0 aliphatic carbocycles. The van der Waals surface area contributed by atoms with Crippen LogP contribution in [0.1, 0.15) is 49.2 Å². The Bertz CT molecular complexity index is 1010. The lowest BCUT2D eigenvalue weighted by Gasteiger charge is -2.17. The van der Waals surface area contributed by atoms with E-state index in [4.69, 9.17) is 28.8 Å². The number of amides is 1. The Morgan fingerprint density at radius 1 is 0.656 bits per heavy atom. The highest BCUT2D eigenvalue weighted by Gasteiger charge is 2.15. The van der Waals surface area contributed by atoms with E-state index in [0.29, 0.717) is 22.7 Å². The van der Waals surface area contributed by atoms with Crippen LogP contribution >= 0.6 is 0 Å². The molecule has 0 heterocycles. The summed E-state index contributed by atoms with van der Waals surface area (Å²) in [5.41, 5.74) is 24.7. The highest BCUT2D eigenvalue weighted by atomic mass is 16.2. The molecule has 0 aliphatic rings. The van der Waals surface area contributed by atoms with Crippen molar-refractivity contribution in [2.45, 2.75) is 27.7 Å². The molecular formula is C21H30N10O. The van der Waals surface area contributed by atoms with Crippen LogP contribution in [-0.4, -0.2) is 29.2 Å². The highest BCUT2D eigenvalue weighted by molar-refractivity contribution is 6.07. The van der Waals surface area contributed by atoms with Crippen LogP contribution in [0.25, 0.3) is 0 Å². The molecule has 0 atom stereocenters. The van der Waals surface area contributed by atoms with Gasteiger partial charge in [0.2, 0.25) is 11.9 Å². The zero-order valence-electron chi connectivity index (χ0n) is 18.6. The van der Waals surface area contributed by atoms with Crippen LogP contribution < -0.4 is 33.8 Å². The molecule has 0 bridgehead atoms. The monoisotopic (exact) mass is 438 g/mol. The largest absolute Gasteiger partial charge is 0.369 e. The summed E-state index contributed by atoms with van der Waals surface area (Å²) in [7, 11) is 0. The predicted molar refractivity (Wildman–Crippen MR) is 131 cm³/mol. The highest BCUT2D eigenvalue weighted by Crippen LogP contribution is 2.16. The first-order valence-corrected chi connectivity index (χ1v) is 9.75. The maximum atomic E-state index is 12.7. The topological polar surface area (TPSA) is 200 Å². The summed E-state index contributed by atoms with van der Waals surface area (Å²) in [5.74, 6) is 5.36. The molecule has 2 aromatic rings. The van der Waals surface area contributed by atoms with Crippen molar-refractivity contribution < 1.29 is 4.79 Å². The molecule has 0 aromatic heterocycles. The second kappa shape index (κ2) is 12.4. The second-order valence-corrected chi connectivity index (χ2v) is 6.22. The Balaban J connectivity index is 0.00000249. The van der Waals surface area contributed by atoms with Crippen LogP contribution in [-0.2, 0) is 0 Å². The molecule has 10 N–H and O–H groups in total. The molecule has 0 unspecified atom stereocenters. The van der Waals surface area contributed by atoms with E-state index in [1.165, 1.54) is 0 Å². The van der Waals surface area contributed by atoms with Crippen molar-refractivity contribution in [3.05, 3.63) is 65.2 Å². The molecule has 1 amide bonds. The van der Waals surface area contributed by atoms with Gasteiger partial charge in [0.1, 0.15) is 0 Å². The summed E-state index contributed by atoms with van der Waals surface area (Å²) in [4.78, 5) is 12.7. The SMILES string of the molecule is C/C(=N\N=C(N)N)c1ccc(C(=O)N(N)c2ccc(/C(C)=N/N=C(N)N)cc2)cc1.CC. The molecule has 0 spiro atoms. The molecule has 0 saturated heterocycles. The molecule has 0 fully saturated rings. The van der Waals surface area contributed by atoms with Gasteiger partial charge in [-0.1, -0.05) is 38.1 Å². The number of carbonyl (C=O) groups is 1. The van der Waals surface area contributed by atoms with Gasteiger partial charge < -0.3 is 22.9 Å². The number of nitrogens with two attached hydrogens (primary N) is 5. The number of hydrazine groups is 1. The summed E-state index contributed by atoms with van der Waals surface area (Å²) < 4.78 is 0. The van der Waals surface area contributed by atoms with E-state index in [2.05, 4.69) is 20.4 Å². The van der Waals surface area contributed by atoms with E-state index in [1.807, 2.05) is 13.8 Å². The number of rotatable bonds is 6. The number of carbonyl (C=O) groups excluding carboxylic acids is 1. The average molecular weight is 439 g/mol. The normalized spacial score (nSPS) is 11.0. The first-order valence-electron chi connectivity index (χ1n) is 9.75. The molecule has 11 nitrogen and oxygen atoms in total. The lowest BCUT2D eigenvalue weighted by Crippen LogP contribution is -2.37. The Kier molecular flexibility index (Phi) is 10.0. The first kappa shape index (κ1) is 25.8. The zero-order valence-corrected chi connectivity index (χ0v) is 18.6. The standard InChI is InChI=1S/C19H24N10O.C2H6/c1-11(25-27-18(20)21)13-3-5-15(6-4-13)17(30)29(24)16-9-7-14(8-10-16)12(2)26-28-19(22)23;1-2/h3-10H,24H2,1-2H3,(H4,20,21,27)(H4,22,23,28);1-2H3/b25-11+,26-12+;. The van der Waals surface area contributed by atoms with Gasteiger partial charge in [-0.2, -0.15) is 10.2 Å². The second-order valence-electron chi connectivity index (χ2n) is 6.22. The Hall–Kier alpha value is -4.25. The van der Waals surface area contributed by atoms with Gasteiger partial charge in [0.15, 0.2) is 0 Å². The predicted octanol–water partition coefficient (Wildman–Crippen LogP) is 1.23. The number of benzene rings is 2. The first-order chi connectivity index (χ1) is 15.2. The molecule has 11 heteroatoms. The van der Waals surface area contributed by atoms with Crippen molar-refractivity contribution in [2.24, 2.45) is 49.2 Å². The number of hydrogen-bond donors (Lipinski definition) is 5. The van der Waals surface area contributed by atoms with Crippen molar-refractivity contribution in [1.82, 2.24) is 0 Å². The van der Waals surface area contributed by atoms with Crippen LogP contribution in [0.4, 0.5) is 5.69 Å². The van der Waals surface area contributed by atoms with Gasteiger partial charge in [0, 0.05) is 5.56 Å². The zero-order chi connectivity index (χ0) is 24.3. The average Bonchev–Trinajstić information content (AvgIpc) is 2.81. The molecule has 32 heavy (non-hydrogen) atoms. The number of hydrogen-bond acceptors (Lipinski definition) is 6. The van der Waals surface area contributed by atoms with Crippen LogP contribution in [0.2, 0.25) is 0 Å². The van der Waals surface area contributed by atoms with Crippen molar-refractivity contribution >= 4 is 34.9 Å². The summed E-state index contributed by atoms with van der Waals surface area (Å²) >= 11 is 0. The van der Waals surface area contributed by atoms with E-state index >= 15 is 0 Å². The van der Waals surface area contributed by atoms with Crippen LogP contribution in [0.3, 0.4) is 0 Å². The van der Waals surface area contributed by atoms with Crippen molar-refractivity contribution in [3.8, 4) is 0 Å². The molecule has 2 aromatic carbocycles. The van der Waals surface area contributed by atoms with Gasteiger partial charge in [0.05, 0.1) is 17.1 Å². The lowest BCUT2D eigenvalue weighted by molar-refractivity contribution is 0.0987. The van der Waals surface area contributed by atoms with Crippen molar-refractivity contribution in [1.29, 1.82) is 0 Å². The van der Waals surface area contributed by atoms with Crippen molar-refractivity contribution in [3.63, 3.8) is 0 Å². The van der Waals surface area contributed by atoms with Gasteiger partial charge in [-0.05, 0) is 49.2 Å². The Morgan fingerprint density at radius 2 is 1.00 bits per heavy atom. The summed E-state index contributed by atoms with van der Waals surface area (Å²) in [6.45, 7) is 7.51. The van der Waals surface area contributed by atoms with Gasteiger partial charge in [0.25, 0.3) is 5.91 Å². The third kappa shape index (κ3) is 7.54. The van der Waals surface area contributed by atoms with Gasteiger partial charge >= 0.3 is 0 Å². The van der Waals surface area contributed by atoms with Crippen LogP contribution in [0.15, 0.2) is 68.9 Å². The minimum atomic E-state index is -0.376. The Labute approximate surface area is 187 Å². The number of anilines is 1. The van der Waals surface area contributed by atoms with Gasteiger partial charge in [-0.15, -0.1) is 10.2 Å². The van der Waals surface area contributed by atoms with E-state index in [9.17, 15) is 4.79 Å². The van der Waals surface area contributed by atoms with E-state index in [-0.39, 0.29) is 17.8 Å². The lowest BCUT2D eigenvalue weighted by atomic mass is 10.1. The van der Waals surface area contributed by atoms with E-state index in [0.717, 1.165) is 16.1 Å². The third-order valence-corrected chi connectivity index (χ3v) is 3.96. The summed E-state index contributed by atoms with van der Waals surface area (Å²) in [6, 6.07) is 13.7. The van der Waals surface area contributed by atoms with Gasteiger partial charge in [-0.25, -0.2) is 10.9 Å². The number of nitrogens with zero attached hydrogens (tertiary/aromatic N) is 5. The molecule has 0 radical (unpaired) electrons. The Morgan fingerprint density at radius 3 is 1.38 bits per heavy atom. The van der Waals surface area contributed by atoms with E-state index in [1.54, 1.807) is 62.4 Å². The fourth-order valence-corrected chi connectivity index (χ4v) is 2.35. The third-order valence-electron chi connectivity index (χ3n) is 3.96. The molecule has 0 aliphatic heterocycles. The summed E-state index contributed by atoms with van der Waals surface area (Å²) in [6.07, 6.45) is 0. The quantitative estimate of drug-likeness (QED) is 0.147. The summed E-state index contributed by atoms with van der Waals surface area (Å²) in [5, 5.41) is 16.1. The fraction of sp³-hybridized carbons (Fsp3) is 0.190. The minimum absolute atomic E-state index is 0.131. The minimum Gasteiger partial charge on any atom is -0.369 e. The smallest absolute Gasteiger partial charge is 0.272 e. The van der Waals surface area contributed by atoms with Crippen LogP contribution in [0.5, 0.6) is 0 Å². The number of guanidine groups is 2. The molecule has 170 valence electrons. The fourth-order valence-electron chi connectivity index (χ4n) is 2.35. The van der Waals surface area contributed by atoms with Crippen LogP contribution in [0, 0.1) is 0 Å². The van der Waals surface area contributed by atoms with E-state index < -0.39 is 0 Å². The molecular weight excluding hydrogens is 408 g/mol. The van der Waals surface area contributed by atoms with Crippen molar-refractivity contribution in [2.75, 3.05) is 5.01 Å². The maximum absolute atomic E-state index is 12.7.